The fraction of sp³-hybridized carbons (Fsp3) is 0.200. The van der Waals surface area contributed by atoms with Crippen LogP contribution in [0.2, 0.25) is 0 Å². The van der Waals surface area contributed by atoms with Gasteiger partial charge in [0.15, 0.2) is 0 Å². The topological polar surface area (TPSA) is 26.0 Å². The first kappa shape index (κ1) is 12.3. The van der Waals surface area contributed by atoms with Crippen molar-refractivity contribution in [2.24, 2.45) is 5.73 Å². The molecule has 0 saturated heterocycles. The molecule has 0 fully saturated rings. The molecule has 2 rings (SSSR count). The van der Waals surface area contributed by atoms with E-state index < -0.39 is 0 Å². The Kier molecular flexibility index (Phi) is 3.97. The van der Waals surface area contributed by atoms with Gasteiger partial charge in [-0.3, -0.25) is 0 Å². The number of rotatable bonds is 3. The molecule has 17 heavy (non-hydrogen) atoms. The normalized spacial score (nSPS) is 12.4. The van der Waals surface area contributed by atoms with Crippen molar-refractivity contribution in [1.82, 2.24) is 0 Å². The van der Waals surface area contributed by atoms with E-state index in [0.717, 1.165) is 16.5 Å². The van der Waals surface area contributed by atoms with Crippen LogP contribution < -0.4 is 5.73 Å². The van der Waals surface area contributed by atoms with E-state index in [2.05, 4.69) is 59.3 Å². The SMILES string of the molecule is CCc1cccc(C(N)c2ccc(Br)cc2)c1. The Labute approximate surface area is 111 Å². The molecule has 88 valence electrons. The van der Waals surface area contributed by atoms with Gasteiger partial charge in [-0.25, -0.2) is 0 Å². The molecule has 0 amide bonds. The molecule has 0 heterocycles. The van der Waals surface area contributed by atoms with Crippen molar-refractivity contribution in [1.29, 1.82) is 0 Å². The molecule has 2 heteroatoms. The summed E-state index contributed by atoms with van der Waals surface area (Å²) in [6.45, 7) is 2.16. The number of nitrogens with two attached hydrogens (primary N) is 1. The Hall–Kier alpha value is -1.12. The van der Waals surface area contributed by atoms with E-state index in [0.29, 0.717) is 0 Å². The molecule has 0 bridgehead atoms. The lowest BCUT2D eigenvalue weighted by molar-refractivity contribution is 0.867. The molecular weight excluding hydrogens is 274 g/mol. The van der Waals surface area contributed by atoms with E-state index in [1.807, 2.05) is 12.1 Å². The molecule has 0 aromatic heterocycles. The van der Waals surface area contributed by atoms with Gasteiger partial charge in [0.1, 0.15) is 0 Å². The average Bonchev–Trinajstić information content (AvgIpc) is 2.39. The lowest BCUT2D eigenvalue weighted by atomic mass is 9.97. The molecule has 0 aliphatic heterocycles. The van der Waals surface area contributed by atoms with E-state index in [1.54, 1.807) is 0 Å². The fourth-order valence-electron chi connectivity index (χ4n) is 1.87. The van der Waals surface area contributed by atoms with Gasteiger partial charge < -0.3 is 5.73 Å². The summed E-state index contributed by atoms with van der Waals surface area (Å²) < 4.78 is 1.08. The fourth-order valence-corrected chi connectivity index (χ4v) is 2.13. The first-order valence-electron chi connectivity index (χ1n) is 5.80. The van der Waals surface area contributed by atoms with Crippen molar-refractivity contribution < 1.29 is 0 Å². The number of benzene rings is 2. The van der Waals surface area contributed by atoms with Gasteiger partial charge >= 0.3 is 0 Å². The van der Waals surface area contributed by atoms with Crippen molar-refractivity contribution >= 4 is 15.9 Å². The maximum atomic E-state index is 6.27. The molecule has 1 atom stereocenters. The second kappa shape index (κ2) is 5.48. The van der Waals surface area contributed by atoms with E-state index in [9.17, 15) is 0 Å². The first-order chi connectivity index (χ1) is 8.20. The van der Waals surface area contributed by atoms with Crippen LogP contribution in [0.15, 0.2) is 53.0 Å². The molecule has 0 aliphatic rings. The molecule has 2 aromatic rings. The number of halogens is 1. The van der Waals surface area contributed by atoms with E-state index in [-0.39, 0.29) is 6.04 Å². The third-order valence-corrected chi connectivity index (χ3v) is 3.48. The molecule has 2 aromatic carbocycles. The van der Waals surface area contributed by atoms with Crippen LogP contribution in [0.3, 0.4) is 0 Å². The highest BCUT2D eigenvalue weighted by Gasteiger charge is 2.08. The van der Waals surface area contributed by atoms with Gasteiger partial charge in [-0.2, -0.15) is 0 Å². The zero-order chi connectivity index (χ0) is 12.3. The number of hydrogen-bond donors (Lipinski definition) is 1. The van der Waals surface area contributed by atoms with Crippen molar-refractivity contribution in [2.45, 2.75) is 19.4 Å². The predicted molar refractivity (Wildman–Crippen MR) is 76.0 cm³/mol. The van der Waals surface area contributed by atoms with Crippen molar-refractivity contribution in [2.75, 3.05) is 0 Å². The highest BCUT2D eigenvalue weighted by Crippen LogP contribution is 2.22. The summed E-state index contributed by atoms with van der Waals surface area (Å²) in [5.41, 5.74) is 9.92. The first-order valence-corrected chi connectivity index (χ1v) is 6.60. The minimum Gasteiger partial charge on any atom is -0.320 e. The summed E-state index contributed by atoms with van der Waals surface area (Å²) in [6.07, 6.45) is 1.04. The average molecular weight is 290 g/mol. The third-order valence-electron chi connectivity index (χ3n) is 2.95. The summed E-state index contributed by atoms with van der Waals surface area (Å²) in [4.78, 5) is 0. The van der Waals surface area contributed by atoms with E-state index in [4.69, 9.17) is 5.73 Å². The van der Waals surface area contributed by atoms with Crippen LogP contribution in [-0.2, 0) is 6.42 Å². The van der Waals surface area contributed by atoms with Gasteiger partial charge in [-0.05, 0) is 35.2 Å². The second-order valence-electron chi connectivity index (χ2n) is 4.13. The van der Waals surface area contributed by atoms with Gasteiger partial charge in [-0.15, -0.1) is 0 Å². The molecule has 0 spiro atoms. The van der Waals surface area contributed by atoms with Crippen LogP contribution in [0, 0.1) is 0 Å². The monoisotopic (exact) mass is 289 g/mol. The summed E-state index contributed by atoms with van der Waals surface area (Å²) in [6, 6.07) is 16.6. The predicted octanol–water partition coefficient (Wildman–Crippen LogP) is 4.06. The quantitative estimate of drug-likeness (QED) is 0.906. The van der Waals surface area contributed by atoms with Crippen LogP contribution >= 0.6 is 15.9 Å². The minimum atomic E-state index is -0.0467. The van der Waals surface area contributed by atoms with Crippen LogP contribution in [0.5, 0.6) is 0 Å². The lowest BCUT2D eigenvalue weighted by Gasteiger charge is -2.13. The Bertz CT molecular complexity index is 491. The van der Waals surface area contributed by atoms with Crippen LogP contribution in [0.25, 0.3) is 0 Å². The second-order valence-corrected chi connectivity index (χ2v) is 5.04. The molecule has 1 unspecified atom stereocenters. The Morgan fingerprint density at radius 2 is 1.76 bits per heavy atom. The number of hydrogen-bond acceptors (Lipinski definition) is 1. The van der Waals surface area contributed by atoms with Gasteiger partial charge in [0.2, 0.25) is 0 Å². The molecule has 2 N–H and O–H groups in total. The standard InChI is InChI=1S/C15H16BrN/c1-2-11-4-3-5-13(10-11)15(17)12-6-8-14(16)9-7-12/h3-10,15H,2,17H2,1H3. The molecular formula is C15H16BrN. The number of aryl methyl sites for hydroxylation is 1. The van der Waals surface area contributed by atoms with E-state index >= 15 is 0 Å². The molecule has 0 saturated carbocycles. The Morgan fingerprint density at radius 3 is 2.41 bits per heavy atom. The maximum Gasteiger partial charge on any atom is 0.0551 e. The summed E-state index contributed by atoms with van der Waals surface area (Å²) in [5, 5.41) is 0. The third kappa shape index (κ3) is 2.96. The van der Waals surface area contributed by atoms with Crippen molar-refractivity contribution in [3.05, 3.63) is 69.7 Å². The smallest absolute Gasteiger partial charge is 0.0551 e. The zero-order valence-corrected chi connectivity index (χ0v) is 11.4. The molecule has 0 aliphatic carbocycles. The summed E-state index contributed by atoms with van der Waals surface area (Å²) >= 11 is 3.43. The van der Waals surface area contributed by atoms with Crippen molar-refractivity contribution in [3.8, 4) is 0 Å². The van der Waals surface area contributed by atoms with Gasteiger partial charge in [0.05, 0.1) is 6.04 Å². The largest absolute Gasteiger partial charge is 0.320 e. The van der Waals surface area contributed by atoms with Gasteiger partial charge in [-0.1, -0.05) is 59.3 Å². The zero-order valence-electron chi connectivity index (χ0n) is 9.86. The van der Waals surface area contributed by atoms with Gasteiger partial charge in [0, 0.05) is 4.47 Å². The summed E-state index contributed by atoms with van der Waals surface area (Å²) in [7, 11) is 0. The maximum absolute atomic E-state index is 6.27. The highest BCUT2D eigenvalue weighted by molar-refractivity contribution is 9.10. The van der Waals surface area contributed by atoms with Gasteiger partial charge in [0.25, 0.3) is 0 Å². The Balaban J connectivity index is 2.29. The van der Waals surface area contributed by atoms with Crippen LogP contribution in [0.4, 0.5) is 0 Å². The minimum absolute atomic E-state index is 0.0467. The highest BCUT2D eigenvalue weighted by atomic mass is 79.9. The Morgan fingerprint density at radius 1 is 1.06 bits per heavy atom. The van der Waals surface area contributed by atoms with Crippen LogP contribution in [0.1, 0.15) is 29.7 Å². The molecule has 1 nitrogen and oxygen atoms in total. The lowest BCUT2D eigenvalue weighted by Crippen LogP contribution is -2.11. The van der Waals surface area contributed by atoms with E-state index in [1.165, 1.54) is 11.1 Å². The molecule has 0 radical (unpaired) electrons. The summed E-state index contributed by atoms with van der Waals surface area (Å²) in [5.74, 6) is 0. The van der Waals surface area contributed by atoms with Crippen LogP contribution in [-0.4, -0.2) is 0 Å². The van der Waals surface area contributed by atoms with Crippen molar-refractivity contribution in [3.63, 3.8) is 0 Å².